The lowest BCUT2D eigenvalue weighted by atomic mass is 10.0. The van der Waals surface area contributed by atoms with Crippen LogP contribution in [0.15, 0.2) is 54.6 Å². The third kappa shape index (κ3) is 2.03. The third-order valence-electron chi connectivity index (χ3n) is 5.39. The van der Waals surface area contributed by atoms with Crippen molar-refractivity contribution >= 4 is 33.6 Å². The van der Waals surface area contributed by atoms with Gasteiger partial charge in [-0.25, -0.2) is 0 Å². The number of amides is 2. The van der Waals surface area contributed by atoms with Gasteiger partial charge in [-0.1, -0.05) is 18.2 Å². The van der Waals surface area contributed by atoms with Crippen molar-refractivity contribution in [1.29, 1.82) is 10.5 Å². The van der Waals surface area contributed by atoms with Gasteiger partial charge >= 0.3 is 0 Å². The average molecular weight is 376 g/mol. The Balaban J connectivity index is 2.03. The largest absolute Gasteiger partial charge is 0.308 e. The lowest BCUT2D eigenvalue weighted by Gasteiger charge is -2.11. The SMILES string of the molecule is CN1C(=O)c2cccc(-n3c4cccc(C#N)c4c4c(C#N)cccc43)c2C1=O. The van der Waals surface area contributed by atoms with Crippen molar-refractivity contribution in [1.82, 2.24) is 9.47 Å². The van der Waals surface area contributed by atoms with Gasteiger partial charge in [0.05, 0.1) is 51.1 Å². The number of nitrogens with zero attached hydrogens (tertiary/aromatic N) is 4. The van der Waals surface area contributed by atoms with Gasteiger partial charge in [0.25, 0.3) is 11.8 Å². The van der Waals surface area contributed by atoms with Crippen LogP contribution < -0.4 is 0 Å². The molecule has 0 fully saturated rings. The van der Waals surface area contributed by atoms with E-state index >= 15 is 0 Å². The molecule has 0 atom stereocenters. The number of hydrogen-bond acceptors (Lipinski definition) is 4. The van der Waals surface area contributed by atoms with Crippen LogP contribution in [0.1, 0.15) is 31.8 Å². The minimum absolute atomic E-state index is 0.323. The van der Waals surface area contributed by atoms with Gasteiger partial charge in [-0.15, -0.1) is 0 Å². The molecule has 1 aliphatic rings. The van der Waals surface area contributed by atoms with Crippen LogP contribution in [0.3, 0.4) is 0 Å². The summed E-state index contributed by atoms with van der Waals surface area (Å²) in [4.78, 5) is 26.4. The molecule has 0 saturated carbocycles. The second-order valence-corrected chi connectivity index (χ2v) is 6.83. The van der Waals surface area contributed by atoms with E-state index in [4.69, 9.17) is 0 Å². The molecule has 0 spiro atoms. The number of fused-ring (bicyclic) bond motifs is 4. The number of carbonyl (C=O) groups excluding carboxylic acids is 2. The first kappa shape index (κ1) is 16.7. The minimum Gasteiger partial charge on any atom is -0.308 e. The van der Waals surface area contributed by atoms with E-state index in [1.165, 1.54) is 7.05 Å². The summed E-state index contributed by atoms with van der Waals surface area (Å²) in [6.07, 6.45) is 0. The number of nitriles is 2. The Morgan fingerprint density at radius 2 is 1.31 bits per heavy atom. The Hall–Kier alpha value is -4.42. The highest BCUT2D eigenvalue weighted by Gasteiger charge is 2.36. The third-order valence-corrected chi connectivity index (χ3v) is 5.39. The molecule has 0 unspecified atom stereocenters. The van der Waals surface area contributed by atoms with Gasteiger partial charge < -0.3 is 4.57 Å². The van der Waals surface area contributed by atoms with Crippen LogP contribution in [-0.2, 0) is 0 Å². The Morgan fingerprint density at radius 1 is 0.759 bits per heavy atom. The lowest BCUT2D eigenvalue weighted by Crippen LogP contribution is -2.24. The van der Waals surface area contributed by atoms with Gasteiger partial charge in [-0.05, 0) is 36.4 Å². The first-order valence-electron chi connectivity index (χ1n) is 8.90. The Labute approximate surface area is 165 Å². The highest BCUT2D eigenvalue weighted by atomic mass is 16.2. The highest BCUT2D eigenvalue weighted by molar-refractivity contribution is 6.23. The normalized spacial score (nSPS) is 13.0. The highest BCUT2D eigenvalue weighted by Crippen LogP contribution is 2.38. The van der Waals surface area contributed by atoms with Crippen molar-refractivity contribution in [2.45, 2.75) is 0 Å². The number of benzene rings is 3. The van der Waals surface area contributed by atoms with E-state index in [0.29, 0.717) is 49.7 Å². The van der Waals surface area contributed by atoms with Gasteiger partial charge in [0, 0.05) is 17.8 Å². The number of carbonyl (C=O) groups is 2. The zero-order valence-electron chi connectivity index (χ0n) is 15.3. The molecule has 3 aromatic carbocycles. The molecule has 0 aliphatic carbocycles. The Bertz CT molecular complexity index is 1410. The fourth-order valence-corrected chi connectivity index (χ4v) is 4.12. The predicted molar refractivity (Wildman–Crippen MR) is 107 cm³/mol. The molecule has 6 nitrogen and oxygen atoms in total. The molecule has 29 heavy (non-hydrogen) atoms. The zero-order chi connectivity index (χ0) is 20.3. The van der Waals surface area contributed by atoms with Gasteiger partial charge in [0.1, 0.15) is 0 Å². The van der Waals surface area contributed by atoms with Crippen molar-refractivity contribution in [3.63, 3.8) is 0 Å². The first-order valence-corrected chi connectivity index (χ1v) is 8.90. The molecule has 136 valence electrons. The van der Waals surface area contributed by atoms with Crippen LogP contribution in [-0.4, -0.2) is 28.3 Å². The molecule has 5 rings (SSSR count). The van der Waals surface area contributed by atoms with Crippen LogP contribution in [0.25, 0.3) is 27.5 Å². The number of aromatic nitrogens is 1. The van der Waals surface area contributed by atoms with Gasteiger partial charge in [0.2, 0.25) is 0 Å². The van der Waals surface area contributed by atoms with Crippen LogP contribution in [0.5, 0.6) is 0 Å². The average Bonchev–Trinajstić information content (AvgIpc) is 3.21. The van der Waals surface area contributed by atoms with Crippen LogP contribution >= 0.6 is 0 Å². The molecule has 2 heterocycles. The number of imide groups is 1. The summed E-state index contributed by atoms with van der Waals surface area (Å²) in [6.45, 7) is 0. The molecule has 1 aliphatic heterocycles. The van der Waals surface area contributed by atoms with E-state index in [9.17, 15) is 20.1 Å². The maximum atomic E-state index is 12.8. The van der Waals surface area contributed by atoms with Crippen molar-refractivity contribution in [3.05, 3.63) is 76.9 Å². The molecule has 2 amide bonds. The summed E-state index contributed by atoms with van der Waals surface area (Å²) < 4.78 is 1.86. The van der Waals surface area contributed by atoms with Crippen molar-refractivity contribution in [2.24, 2.45) is 0 Å². The fraction of sp³-hybridized carbons (Fsp3) is 0.0435. The summed E-state index contributed by atoms with van der Waals surface area (Å²) in [5, 5.41) is 20.6. The molecule has 0 N–H and O–H groups in total. The standard InChI is InChI=1S/C23H12N4O2/c1-26-22(28)15-7-4-10-18(21(15)23(26)29)27-16-8-2-5-13(11-24)19(16)20-14(12-25)6-3-9-17(20)27/h2-10H,1H3. The Morgan fingerprint density at radius 3 is 1.86 bits per heavy atom. The number of rotatable bonds is 1. The Kier molecular flexibility index (Phi) is 3.34. The van der Waals surface area contributed by atoms with E-state index in [-0.39, 0.29) is 11.8 Å². The molecule has 4 aromatic rings. The topological polar surface area (TPSA) is 89.9 Å². The molecular formula is C23H12N4O2. The van der Waals surface area contributed by atoms with E-state index in [0.717, 1.165) is 4.90 Å². The molecule has 0 radical (unpaired) electrons. The van der Waals surface area contributed by atoms with Gasteiger partial charge in [0.15, 0.2) is 0 Å². The van der Waals surface area contributed by atoms with E-state index in [1.807, 2.05) is 16.7 Å². The molecule has 0 bridgehead atoms. The molecule has 1 aromatic heterocycles. The molecule has 0 saturated heterocycles. The van der Waals surface area contributed by atoms with Crippen LogP contribution in [0.4, 0.5) is 0 Å². The van der Waals surface area contributed by atoms with Crippen molar-refractivity contribution in [2.75, 3.05) is 7.05 Å². The summed E-state index contributed by atoms with van der Waals surface area (Å²) >= 11 is 0. The lowest BCUT2D eigenvalue weighted by molar-refractivity contribution is 0.0693. The summed E-state index contributed by atoms with van der Waals surface area (Å²) in [7, 11) is 1.46. The summed E-state index contributed by atoms with van der Waals surface area (Å²) in [5.41, 5.74) is 3.51. The maximum absolute atomic E-state index is 12.8. The van der Waals surface area contributed by atoms with E-state index in [2.05, 4.69) is 12.1 Å². The van der Waals surface area contributed by atoms with Crippen molar-refractivity contribution in [3.8, 4) is 17.8 Å². The van der Waals surface area contributed by atoms with Gasteiger partial charge in [-0.2, -0.15) is 10.5 Å². The molecule has 6 heteroatoms. The quantitative estimate of drug-likeness (QED) is 0.473. The minimum atomic E-state index is -0.372. The summed E-state index contributed by atoms with van der Waals surface area (Å²) in [5.74, 6) is -0.716. The second kappa shape index (κ2) is 5.79. The monoisotopic (exact) mass is 376 g/mol. The zero-order valence-corrected chi connectivity index (χ0v) is 15.3. The van der Waals surface area contributed by atoms with Crippen LogP contribution in [0.2, 0.25) is 0 Å². The maximum Gasteiger partial charge on any atom is 0.263 e. The molecular weight excluding hydrogens is 364 g/mol. The first-order chi connectivity index (χ1) is 14.1. The van der Waals surface area contributed by atoms with Gasteiger partial charge in [-0.3, -0.25) is 14.5 Å². The second-order valence-electron chi connectivity index (χ2n) is 6.83. The van der Waals surface area contributed by atoms with Crippen LogP contribution in [0, 0.1) is 22.7 Å². The van der Waals surface area contributed by atoms with E-state index in [1.54, 1.807) is 42.5 Å². The van der Waals surface area contributed by atoms with E-state index < -0.39 is 0 Å². The van der Waals surface area contributed by atoms with Crippen molar-refractivity contribution < 1.29 is 9.59 Å². The smallest absolute Gasteiger partial charge is 0.263 e. The fourth-order valence-electron chi connectivity index (χ4n) is 4.12. The summed E-state index contributed by atoms with van der Waals surface area (Å²) in [6, 6.07) is 20.2. The number of hydrogen-bond donors (Lipinski definition) is 0. The predicted octanol–water partition coefficient (Wildman–Crippen LogP) is 3.75.